The highest BCUT2D eigenvalue weighted by Gasteiger charge is 2.09. The Morgan fingerprint density at radius 3 is 2.86 bits per heavy atom. The van der Waals surface area contributed by atoms with Crippen LogP contribution in [0.5, 0.6) is 5.88 Å². The van der Waals surface area contributed by atoms with E-state index in [4.69, 9.17) is 0 Å². The summed E-state index contributed by atoms with van der Waals surface area (Å²) in [5, 5.41) is 11.4. The van der Waals surface area contributed by atoms with Crippen molar-refractivity contribution in [1.82, 2.24) is 19.9 Å². The molecule has 0 saturated carbocycles. The van der Waals surface area contributed by atoms with E-state index in [-0.39, 0.29) is 5.88 Å². The van der Waals surface area contributed by atoms with E-state index in [1.54, 1.807) is 31.0 Å². The topological polar surface area (TPSA) is 71.8 Å². The van der Waals surface area contributed by atoms with Crippen molar-refractivity contribution in [2.75, 3.05) is 5.75 Å². The lowest BCUT2D eigenvalue weighted by Crippen LogP contribution is -1.81. The van der Waals surface area contributed by atoms with Crippen LogP contribution in [0, 0.1) is 11.8 Å². The lowest BCUT2D eigenvalue weighted by atomic mass is 10.3. The van der Waals surface area contributed by atoms with Gasteiger partial charge in [0.05, 0.1) is 11.9 Å². The van der Waals surface area contributed by atoms with Crippen LogP contribution in [0.15, 0.2) is 48.1 Å². The number of hydrogen-bond donors (Lipinski definition) is 1. The minimum absolute atomic E-state index is 0.0409. The Kier molecular flexibility index (Phi) is 4.63. The average molecular weight is 326 g/mol. The van der Waals surface area contributed by atoms with Gasteiger partial charge < -0.3 is 5.11 Å². The van der Waals surface area contributed by atoms with Gasteiger partial charge in [-0.1, -0.05) is 17.7 Å². The van der Waals surface area contributed by atoms with Crippen LogP contribution in [0.25, 0.3) is 10.6 Å². The molecule has 0 aliphatic carbocycles. The molecule has 0 fully saturated rings. The number of rotatable bonds is 3. The van der Waals surface area contributed by atoms with E-state index in [0.717, 1.165) is 10.6 Å². The first-order valence-corrected chi connectivity index (χ1v) is 8.11. The Balaban J connectivity index is 1.69. The van der Waals surface area contributed by atoms with Crippen molar-refractivity contribution in [3.63, 3.8) is 0 Å². The Labute approximate surface area is 135 Å². The first-order chi connectivity index (χ1) is 10.8. The highest BCUT2D eigenvalue weighted by Crippen LogP contribution is 2.30. The molecular formula is C15H10N4OS2. The molecule has 108 valence electrons. The summed E-state index contributed by atoms with van der Waals surface area (Å²) in [6.45, 7) is 0. The number of pyridine rings is 1. The minimum atomic E-state index is -0.0409. The zero-order chi connectivity index (χ0) is 15.2. The van der Waals surface area contributed by atoms with Crippen LogP contribution >= 0.6 is 23.1 Å². The fraction of sp³-hybridized carbons (Fsp3) is 0.0667. The predicted molar refractivity (Wildman–Crippen MR) is 86.6 cm³/mol. The summed E-state index contributed by atoms with van der Waals surface area (Å²) >= 11 is 2.84. The highest BCUT2D eigenvalue weighted by atomic mass is 32.2. The molecule has 0 bridgehead atoms. The maximum Gasteiger partial charge on any atom is 0.238 e. The predicted octanol–water partition coefficient (Wildman–Crippen LogP) is 2.84. The second-order valence-corrected chi connectivity index (χ2v) is 6.04. The van der Waals surface area contributed by atoms with Gasteiger partial charge in [0.2, 0.25) is 5.88 Å². The maximum atomic E-state index is 9.86. The maximum absolute atomic E-state index is 9.86. The van der Waals surface area contributed by atoms with Crippen molar-refractivity contribution in [2.45, 2.75) is 5.03 Å². The molecule has 7 heteroatoms. The van der Waals surface area contributed by atoms with E-state index >= 15 is 0 Å². The van der Waals surface area contributed by atoms with Gasteiger partial charge in [0.1, 0.15) is 14.9 Å². The van der Waals surface area contributed by atoms with Crippen molar-refractivity contribution in [2.24, 2.45) is 0 Å². The van der Waals surface area contributed by atoms with Gasteiger partial charge in [-0.25, -0.2) is 9.97 Å². The SMILES string of the molecule is Oc1nc(-c2cccnc2)sc1C#CCSc1cnccn1. The van der Waals surface area contributed by atoms with E-state index in [2.05, 4.69) is 31.8 Å². The summed E-state index contributed by atoms with van der Waals surface area (Å²) in [7, 11) is 0. The third-order valence-corrected chi connectivity index (χ3v) is 4.36. The molecule has 1 N–H and O–H groups in total. The molecule has 0 amide bonds. The molecule has 3 aromatic rings. The first-order valence-electron chi connectivity index (χ1n) is 6.31. The Bertz CT molecular complexity index is 810. The van der Waals surface area contributed by atoms with E-state index in [9.17, 15) is 5.11 Å². The van der Waals surface area contributed by atoms with Crippen LogP contribution in [-0.4, -0.2) is 30.8 Å². The van der Waals surface area contributed by atoms with E-state index < -0.39 is 0 Å². The molecule has 0 spiro atoms. The largest absolute Gasteiger partial charge is 0.492 e. The number of aromatic nitrogens is 4. The summed E-state index contributed by atoms with van der Waals surface area (Å²) in [6.07, 6.45) is 8.37. The fourth-order valence-electron chi connectivity index (χ4n) is 1.59. The van der Waals surface area contributed by atoms with Gasteiger partial charge in [-0.05, 0) is 18.1 Å². The summed E-state index contributed by atoms with van der Waals surface area (Å²) < 4.78 is 0. The number of thioether (sulfide) groups is 1. The van der Waals surface area contributed by atoms with Crippen LogP contribution in [0.3, 0.4) is 0 Å². The van der Waals surface area contributed by atoms with E-state index in [1.807, 2.05) is 12.1 Å². The van der Waals surface area contributed by atoms with Gasteiger partial charge in [0.25, 0.3) is 0 Å². The zero-order valence-corrected chi connectivity index (χ0v) is 12.9. The normalized spacial score (nSPS) is 10.0. The Morgan fingerprint density at radius 1 is 1.18 bits per heavy atom. The van der Waals surface area contributed by atoms with Crippen molar-refractivity contribution in [3.8, 4) is 28.3 Å². The van der Waals surface area contributed by atoms with Gasteiger partial charge >= 0.3 is 0 Å². The molecule has 0 aliphatic rings. The second kappa shape index (κ2) is 7.02. The monoisotopic (exact) mass is 326 g/mol. The molecule has 0 unspecified atom stereocenters. The highest BCUT2D eigenvalue weighted by molar-refractivity contribution is 7.99. The summed E-state index contributed by atoms with van der Waals surface area (Å²) in [4.78, 5) is 16.9. The first kappa shape index (κ1) is 14.5. The number of thiazole rings is 1. The fourth-order valence-corrected chi connectivity index (χ4v) is 2.98. The van der Waals surface area contributed by atoms with Gasteiger partial charge in [0, 0.05) is 30.4 Å². The number of nitrogens with zero attached hydrogens (tertiary/aromatic N) is 4. The molecule has 0 aromatic carbocycles. The van der Waals surface area contributed by atoms with Gasteiger partial charge in [-0.2, -0.15) is 0 Å². The van der Waals surface area contributed by atoms with Crippen molar-refractivity contribution in [1.29, 1.82) is 0 Å². The van der Waals surface area contributed by atoms with Crippen LogP contribution in [-0.2, 0) is 0 Å². The van der Waals surface area contributed by atoms with Crippen LogP contribution in [0.4, 0.5) is 0 Å². The summed E-state index contributed by atoms with van der Waals surface area (Å²) in [6, 6.07) is 3.73. The molecule has 0 saturated heterocycles. The third-order valence-electron chi connectivity index (χ3n) is 2.55. The Morgan fingerprint density at radius 2 is 2.09 bits per heavy atom. The smallest absolute Gasteiger partial charge is 0.238 e. The molecule has 5 nitrogen and oxygen atoms in total. The lowest BCUT2D eigenvalue weighted by molar-refractivity contribution is 0.456. The molecule has 0 atom stereocenters. The molecule has 3 rings (SSSR count). The van der Waals surface area contributed by atoms with Crippen LogP contribution < -0.4 is 0 Å². The molecule has 0 aliphatic heterocycles. The zero-order valence-electron chi connectivity index (χ0n) is 11.3. The van der Waals surface area contributed by atoms with Crippen molar-refractivity contribution >= 4 is 23.1 Å². The molecule has 3 aromatic heterocycles. The van der Waals surface area contributed by atoms with Gasteiger partial charge in [-0.15, -0.1) is 11.3 Å². The second-order valence-electron chi connectivity index (χ2n) is 4.05. The molecule has 0 radical (unpaired) electrons. The standard InChI is InChI=1S/C15H10N4OS2/c20-14-12(4-2-8-21-13-10-17-6-7-18-13)22-15(19-14)11-3-1-5-16-9-11/h1,3,5-7,9-10,20H,8H2. The number of hydrogen-bond acceptors (Lipinski definition) is 7. The van der Waals surface area contributed by atoms with Crippen molar-refractivity contribution in [3.05, 3.63) is 48.0 Å². The molecular weight excluding hydrogens is 316 g/mol. The third kappa shape index (κ3) is 3.61. The molecule has 22 heavy (non-hydrogen) atoms. The molecule has 3 heterocycles. The summed E-state index contributed by atoms with van der Waals surface area (Å²) in [5.41, 5.74) is 0.866. The number of aromatic hydroxyl groups is 1. The quantitative estimate of drug-likeness (QED) is 0.589. The van der Waals surface area contributed by atoms with Gasteiger partial charge in [-0.3, -0.25) is 9.97 Å². The van der Waals surface area contributed by atoms with Crippen LogP contribution in [0.2, 0.25) is 0 Å². The van der Waals surface area contributed by atoms with Crippen molar-refractivity contribution < 1.29 is 5.11 Å². The van der Waals surface area contributed by atoms with Crippen LogP contribution in [0.1, 0.15) is 4.88 Å². The van der Waals surface area contributed by atoms with Gasteiger partial charge in [0.15, 0.2) is 0 Å². The lowest BCUT2D eigenvalue weighted by Gasteiger charge is -1.92. The Hall–Kier alpha value is -2.43. The van der Waals surface area contributed by atoms with E-state index in [0.29, 0.717) is 15.6 Å². The van der Waals surface area contributed by atoms with E-state index in [1.165, 1.54) is 23.1 Å². The minimum Gasteiger partial charge on any atom is -0.492 e. The summed E-state index contributed by atoms with van der Waals surface area (Å²) in [5.74, 6) is 6.46. The average Bonchev–Trinajstić information content (AvgIpc) is 2.94.